The van der Waals surface area contributed by atoms with Crippen LogP contribution in [-0.2, 0) is 0 Å². The molecule has 5 rings (SSSR count). The lowest BCUT2D eigenvalue weighted by atomic mass is 10.1. The van der Waals surface area contributed by atoms with Crippen LogP contribution in [-0.4, -0.2) is 30.8 Å². The molecule has 0 aliphatic heterocycles. The molecule has 3 aromatic heterocycles. The number of anilines is 3. The Bertz CT molecular complexity index is 1480. The van der Waals surface area contributed by atoms with E-state index in [1.165, 1.54) is 18.5 Å². The number of aryl methyl sites for hydroxylation is 1. The third-order valence-corrected chi connectivity index (χ3v) is 5.04. The summed E-state index contributed by atoms with van der Waals surface area (Å²) in [5.41, 5.74) is 4.56. The van der Waals surface area contributed by atoms with E-state index < -0.39 is 11.7 Å². The van der Waals surface area contributed by atoms with Gasteiger partial charge in [0.1, 0.15) is 29.2 Å². The van der Waals surface area contributed by atoms with E-state index in [4.69, 9.17) is 0 Å². The van der Waals surface area contributed by atoms with E-state index in [0.29, 0.717) is 39.5 Å². The second-order valence-electron chi connectivity index (χ2n) is 7.37. The number of H-pyrrole nitrogens is 1. The van der Waals surface area contributed by atoms with Crippen molar-refractivity contribution in [1.29, 1.82) is 0 Å². The van der Waals surface area contributed by atoms with Crippen molar-refractivity contribution in [2.75, 3.05) is 10.6 Å². The molecular weight excluding hydrogens is 421 g/mol. The summed E-state index contributed by atoms with van der Waals surface area (Å²) in [5, 5.41) is 5.83. The number of fused-ring (bicyclic) bond motifs is 1. The van der Waals surface area contributed by atoms with Gasteiger partial charge < -0.3 is 15.6 Å². The van der Waals surface area contributed by atoms with Gasteiger partial charge in [-0.3, -0.25) is 4.79 Å². The molecule has 3 heterocycles. The van der Waals surface area contributed by atoms with E-state index in [0.717, 1.165) is 5.56 Å². The van der Waals surface area contributed by atoms with Crippen LogP contribution in [0.3, 0.4) is 0 Å². The average Bonchev–Trinajstić information content (AvgIpc) is 3.31. The number of nitrogens with zero attached hydrogens (tertiary/aromatic N) is 4. The molecule has 0 saturated carbocycles. The minimum Gasteiger partial charge on any atom is -0.341 e. The summed E-state index contributed by atoms with van der Waals surface area (Å²) in [6, 6.07) is 15.1. The summed E-state index contributed by atoms with van der Waals surface area (Å²) < 4.78 is 14.5. The van der Waals surface area contributed by atoms with Gasteiger partial charge in [0.05, 0.1) is 12.0 Å². The molecule has 162 valence electrons. The van der Waals surface area contributed by atoms with Crippen LogP contribution in [0.25, 0.3) is 22.4 Å². The molecule has 3 N–H and O–H groups in total. The summed E-state index contributed by atoms with van der Waals surface area (Å²) in [6.07, 6.45) is 4.63. The van der Waals surface area contributed by atoms with Crippen LogP contribution in [0.4, 0.5) is 21.6 Å². The standard InChI is InChI=1S/C24H18FN7O/c1-14-4-2-5-15(10-14)24(33)32-19-11-16(7-8-18(19)25)31-22-17(6-3-9-26-22)20-21-23(29-12-27-20)30-13-28-21/h2-13H,1H3,(H,26,31)(H,32,33)(H,27,28,29,30). The highest BCUT2D eigenvalue weighted by atomic mass is 19.1. The molecule has 0 aliphatic carbocycles. The van der Waals surface area contributed by atoms with Crippen molar-refractivity contribution < 1.29 is 9.18 Å². The molecule has 0 atom stereocenters. The van der Waals surface area contributed by atoms with E-state index in [2.05, 4.69) is 35.6 Å². The molecule has 2 aromatic carbocycles. The Balaban J connectivity index is 1.45. The molecule has 5 aromatic rings. The molecule has 0 saturated heterocycles. The maximum Gasteiger partial charge on any atom is 0.255 e. The number of aromatic amines is 1. The van der Waals surface area contributed by atoms with Crippen LogP contribution < -0.4 is 10.6 Å². The van der Waals surface area contributed by atoms with Gasteiger partial charge in [0.2, 0.25) is 0 Å². The number of amides is 1. The molecule has 8 nitrogen and oxygen atoms in total. The van der Waals surface area contributed by atoms with Crippen LogP contribution in [0.2, 0.25) is 0 Å². The van der Waals surface area contributed by atoms with E-state index in [9.17, 15) is 9.18 Å². The average molecular weight is 439 g/mol. The predicted octanol–water partition coefficient (Wildman–Crippen LogP) is 4.86. The van der Waals surface area contributed by atoms with Crippen LogP contribution in [0.5, 0.6) is 0 Å². The Kier molecular flexibility index (Phi) is 5.19. The van der Waals surface area contributed by atoms with Gasteiger partial charge in [-0.1, -0.05) is 17.7 Å². The number of pyridine rings is 1. The lowest BCUT2D eigenvalue weighted by Crippen LogP contribution is -2.13. The fourth-order valence-corrected chi connectivity index (χ4v) is 3.48. The van der Waals surface area contributed by atoms with Crippen LogP contribution in [0.15, 0.2) is 73.4 Å². The van der Waals surface area contributed by atoms with Crippen molar-refractivity contribution in [3.05, 3.63) is 90.4 Å². The highest BCUT2D eigenvalue weighted by molar-refractivity contribution is 6.04. The zero-order chi connectivity index (χ0) is 22.8. The van der Waals surface area contributed by atoms with E-state index in [1.807, 2.05) is 19.1 Å². The topological polar surface area (TPSA) is 108 Å². The summed E-state index contributed by atoms with van der Waals surface area (Å²) in [7, 11) is 0. The number of carbonyl (C=O) groups excluding carboxylic acids is 1. The normalized spacial score (nSPS) is 10.8. The Labute approximate surface area is 188 Å². The zero-order valence-corrected chi connectivity index (χ0v) is 17.5. The summed E-state index contributed by atoms with van der Waals surface area (Å²) in [5.74, 6) is -0.427. The lowest BCUT2D eigenvalue weighted by Gasteiger charge is -2.13. The highest BCUT2D eigenvalue weighted by Crippen LogP contribution is 2.31. The van der Waals surface area contributed by atoms with E-state index >= 15 is 0 Å². The van der Waals surface area contributed by atoms with E-state index in [1.54, 1.807) is 42.9 Å². The monoisotopic (exact) mass is 439 g/mol. The Hall–Kier alpha value is -4.66. The Morgan fingerprint density at radius 3 is 2.79 bits per heavy atom. The number of rotatable bonds is 5. The second kappa shape index (κ2) is 8.46. The Morgan fingerprint density at radius 1 is 1.00 bits per heavy atom. The number of carbonyl (C=O) groups is 1. The molecule has 0 spiro atoms. The van der Waals surface area contributed by atoms with Crippen molar-refractivity contribution in [2.45, 2.75) is 6.92 Å². The molecule has 0 aliphatic rings. The molecule has 1 amide bonds. The van der Waals surface area contributed by atoms with Crippen molar-refractivity contribution >= 4 is 34.3 Å². The highest BCUT2D eigenvalue weighted by Gasteiger charge is 2.15. The van der Waals surface area contributed by atoms with Crippen LogP contribution in [0.1, 0.15) is 15.9 Å². The number of nitrogens with one attached hydrogen (secondary N) is 3. The van der Waals surface area contributed by atoms with Gasteiger partial charge in [0.25, 0.3) is 5.91 Å². The largest absolute Gasteiger partial charge is 0.341 e. The first kappa shape index (κ1) is 20.3. The first-order chi connectivity index (χ1) is 16.1. The van der Waals surface area contributed by atoms with Crippen LogP contribution in [0, 0.1) is 12.7 Å². The maximum absolute atomic E-state index is 14.5. The molecular formula is C24H18FN7O. The lowest BCUT2D eigenvalue weighted by molar-refractivity contribution is 0.102. The summed E-state index contributed by atoms with van der Waals surface area (Å²) >= 11 is 0. The van der Waals surface area contributed by atoms with Gasteiger partial charge in [-0.2, -0.15) is 0 Å². The smallest absolute Gasteiger partial charge is 0.255 e. The predicted molar refractivity (Wildman–Crippen MR) is 124 cm³/mol. The van der Waals surface area contributed by atoms with Crippen LogP contribution >= 0.6 is 0 Å². The van der Waals surface area contributed by atoms with Gasteiger partial charge in [-0.25, -0.2) is 24.3 Å². The number of halogens is 1. The summed E-state index contributed by atoms with van der Waals surface area (Å²) in [4.78, 5) is 32.8. The van der Waals surface area contributed by atoms with Crippen molar-refractivity contribution in [2.24, 2.45) is 0 Å². The molecule has 0 unspecified atom stereocenters. The van der Waals surface area contributed by atoms with Gasteiger partial charge in [0, 0.05) is 23.0 Å². The molecule has 0 bridgehead atoms. The quantitative estimate of drug-likeness (QED) is 0.361. The number of aromatic nitrogens is 5. The van der Waals surface area contributed by atoms with E-state index in [-0.39, 0.29) is 5.69 Å². The van der Waals surface area contributed by atoms with Gasteiger partial charge in [0.15, 0.2) is 5.65 Å². The third-order valence-electron chi connectivity index (χ3n) is 5.04. The molecule has 33 heavy (non-hydrogen) atoms. The number of imidazole rings is 1. The fraction of sp³-hybridized carbons (Fsp3) is 0.0417. The van der Waals surface area contributed by atoms with Gasteiger partial charge in [-0.05, 0) is 49.4 Å². The molecule has 9 heteroatoms. The molecule has 0 fully saturated rings. The minimum atomic E-state index is -0.544. The SMILES string of the molecule is Cc1cccc(C(=O)Nc2cc(Nc3ncccc3-c3ncnc4nc[nH]c34)ccc2F)c1. The zero-order valence-electron chi connectivity index (χ0n) is 17.5. The Morgan fingerprint density at radius 2 is 1.91 bits per heavy atom. The number of hydrogen-bond donors (Lipinski definition) is 3. The first-order valence-electron chi connectivity index (χ1n) is 10.1. The van der Waals surface area contributed by atoms with Crippen molar-refractivity contribution in [3.8, 4) is 11.3 Å². The number of hydrogen-bond acceptors (Lipinski definition) is 6. The maximum atomic E-state index is 14.5. The van der Waals surface area contributed by atoms with Gasteiger partial charge >= 0.3 is 0 Å². The third kappa shape index (κ3) is 4.11. The summed E-state index contributed by atoms with van der Waals surface area (Å²) in [6.45, 7) is 1.89. The van der Waals surface area contributed by atoms with Crippen molar-refractivity contribution in [1.82, 2.24) is 24.9 Å². The minimum absolute atomic E-state index is 0.0574. The first-order valence-corrected chi connectivity index (χ1v) is 10.1. The van der Waals surface area contributed by atoms with Gasteiger partial charge in [-0.15, -0.1) is 0 Å². The fourth-order valence-electron chi connectivity index (χ4n) is 3.48. The second-order valence-corrected chi connectivity index (χ2v) is 7.37. The number of benzene rings is 2. The molecule has 0 radical (unpaired) electrons. The van der Waals surface area contributed by atoms with Crippen molar-refractivity contribution in [3.63, 3.8) is 0 Å².